The molecule has 2 aliphatic rings. The molecule has 5 rings (SSSR count). The number of ether oxygens (including phenoxy) is 4. The van der Waals surface area contributed by atoms with E-state index in [1.165, 1.54) is 6.33 Å². The number of aromatic nitrogens is 2. The number of nitrogens with zero attached hydrogens (tertiary/aromatic N) is 3. The Labute approximate surface area is 212 Å². The molecule has 0 radical (unpaired) electrons. The molecule has 10 heteroatoms. The maximum absolute atomic E-state index is 6.19. The number of hydrogen-bond donors (Lipinski definition) is 2. The molecule has 2 aliphatic heterocycles. The van der Waals surface area contributed by atoms with Crippen LogP contribution >= 0.6 is 15.9 Å². The fourth-order valence-electron chi connectivity index (χ4n) is 4.08. The maximum Gasteiger partial charge on any atom is 0.248 e. The average molecular weight is 542 g/mol. The second kappa shape index (κ2) is 11.1. The van der Waals surface area contributed by atoms with Gasteiger partial charge in [-0.25, -0.2) is 4.98 Å². The molecule has 35 heavy (non-hydrogen) atoms. The van der Waals surface area contributed by atoms with E-state index in [1.54, 1.807) is 7.11 Å². The van der Waals surface area contributed by atoms with Crippen molar-refractivity contribution in [2.24, 2.45) is 0 Å². The van der Waals surface area contributed by atoms with Crippen molar-refractivity contribution in [3.05, 3.63) is 52.8 Å². The fourth-order valence-corrected chi connectivity index (χ4v) is 4.47. The Morgan fingerprint density at radius 3 is 2.86 bits per heavy atom. The molecule has 1 aromatic heterocycles. The zero-order valence-electron chi connectivity index (χ0n) is 19.6. The van der Waals surface area contributed by atoms with Crippen molar-refractivity contribution in [3.63, 3.8) is 0 Å². The first-order valence-corrected chi connectivity index (χ1v) is 12.4. The lowest BCUT2D eigenvalue weighted by Crippen LogP contribution is -2.37. The summed E-state index contributed by atoms with van der Waals surface area (Å²) in [5.74, 6) is 3.06. The number of morpholine rings is 1. The third kappa shape index (κ3) is 5.77. The predicted octanol–water partition coefficient (Wildman–Crippen LogP) is 4.81. The van der Waals surface area contributed by atoms with Crippen LogP contribution in [0.3, 0.4) is 0 Å². The summed E-state index contributed by atoms with van der Waals surface area (Å²) in [6, 6.07) is 11.7. The van der Waals surface area contributed by atoms with Crippen LogP contribution in [-0.2, 0) is 11.3 Å². The van der Waals surface area contributed by atoms with Crippen molar-refractivity contribution in [2.75, 3.05) is 57.2 Å². The van der Waals surface area contributed by atoms with Crippen LogP contribution in [0.1, 0.15) is 12.0 Å². The van der Waals surface area contributed by atoms with Crippen LogP contribution in [0.4, 0.5) is 17.2 Å². The number of rotatable bonds is 8. The second-order valence-corrected chi connectivity index (χ2v) is 9.18. The smallest absolute Gasteiger partial charge is 0.248 e. The van der Waals surface area contributed by atoms with Gasteiger partial charge in [-0.2, -0.15) is 4.98 Å². The number of nitrogens with one attached hydrogen (secondary N) is 2. The van der Waals surface area contributed by atoms with Crippen LogP contribution in [-0.4, -0.2) is 61.4 Å². The van der Waals surface area contributed by atoms with Gasteiger partial charge in [0.1, 0.15) is 17.8 Å². The minimum absolute atomic E-state index is 0.442. The summed E-state index contributed by atoms with van der Waals surface area (Å²) in [4.78, 5) is 11.2. The first kappa shape index (κ1) is 23.7. The zero-order chi connectivity index (χ0) is 24.0. The van der Waals surface area contributed by atoms with E-state index in [0.717, 1.165) is 55.0 Å². The highest BCUT2D eigenvalue weighted by atomic mass is 79.9. The van der Waals surface area contributed by atoms with Crippen molar-refractivity contribution in [2.45, 2.75) is 13.0 Å². The molecule has 3 aromatic rings. The van der Waals surface area contributed by atoms with Gasteiger partial charge in [-0.3, -0.25) is 4.90 Å². The molecule has 0 saturated carbocycles. The van der Waals surface area contributed by atoms with Gasteiger partial charge < -0.3 is 29.6 Å². The van der Waals surface area contributed by atoms with E-state index < -0.39 is 0 Å². The van der Waals surface area contributed by atoms with Crippen molar-refractivity contribution in [3.8, 4) is 23.1 Å². The molecule has 2 N–H and O–H groups in total. The van der Waals surface area contributed by atoms with Crippen LogP contribution in [0.5, 0.6) is 23.1 Å². The summed E-state index contributed by atoms with van der Waals surface area (Å²) >= 11 is 3.50. The van der Waals surface area contributed by atoms with Crippen molar-refractivity contribution >= 4 is 33.1 Å². The summed E-state index contributed by atoms with van der Waals surface area (Å²) in [7, 11) is 1.63. The van der Waals surface area contributed by atoms with E-state index in [9.17, 15) is 0 Å². The van der Waals surface area contributed by atoms with Crippen molar-refractivity contribution in [1.29, 1.82) is 0 Å². The summed E-state index contributed by atoms with van der Waals surface area (Å²) in [5.41, 5.74) is 2.54. The Hall–Kier alpha value is -3.08. The minimum Gasteiger partial charge on any atom is -0.493 e. The van der Waals surface area contributed by atoms with Crippen molar-refractivity contribution in [1.82, 2.24) is 14.9 Å². The highest BCUT2D eigenvalue weighted by Crippen LogP contribution is 2.42. The van der Waals surface area contributed by atoms with Crippen LogP contribution in [0.2, 0.25) is 0 Å². The first-order valence-electron chi connectivity index (χ1n) is 11.6. The molecule has 1 saturated heterocycles. The van der Waals surface area contributed by atoms with Gasteiger partial charge in [0.2, 0.25) is 5.88 Å². The minimum atomic E-state index is 0.442. The van der Waals surface area contributed by atoms with Gasteiger partial charge in [-0.1, -0.05) is 22.0 Å². The van der Waals surface area contributed by atoms with E-state index in [2.05, 4.69) is 41.4 Å². The number of fused-ring (bicyclic) bond motifs is 2. The van der Waals surface area contributed by atoms with Gasteiger partial charge in [0, 0.05) is 48.0 Å². The fraction of sp³-hybridized carbons (Fsp3) is 0.360. The molecule has 0 bridgehead atoms. The number of hydrogen-bond acceptors (Lipinski definition) is 9. The summed E-state index contributed by atoms with van der Waals surface area (Å²) in [5, 5.41) is 6.76. The molecule has 3 heterocycles. The van der Waals surface area contributed by atoms with Gasteiger partial charge in [-0.05, 0) is 30.7 Å². The van der Waals surface area contributed by atoms with Crippen molar-refractivity contribution < 1.29 is 18.9 Å². The van der Waals surface area contributed by atoms with Gasteiger partial charge in [0.05, 0.1) is 26.9 Å². The van der Waals surface area contributed by atoms with Crippen LogP contribution in [0.25, 0.3) is 0 Å². The molecular weight excluding hydrogens is 514 g/mol. The maximum atomic E-state index is 6.19. The SMILES string of the molecule is COc1cc2c(cc1OCCCN1CCOCC1)CNc1c(Nc3cccc(Br)c3)ncnc1O2. The molecule has 0 aliphatic carbocycles. The monoisotopic (exact) mass is 541 g/mol. The number of benzene rings is 2. The summed E-state index contributed by atoms with van der Waals surface area (Å²) in [6.07, 6.45) is 2.41. The lowest BCUT2D eigenvalue weighted by atomic mass is 10.1. The lowest BCUT2D eigenvalue weighted by molar-refractivity contribution is 0.0357. The average Bonchev–Trinajstić information content (AvgIpc) is 3.06. The largest absolute Gasteiger partial charge is 0.493 e. The Balaban J connectivity index is 1.29. The number of methoxy groups -OCH3 is 1. The third-order valence-corrected chi connectivity index (χ3v) is 6.38. The Bertz CT molecular complexity index is 1170. The molecule has 0 amide bonds. The van der Waals surface area contributed by atoms with E-state index >= 15 is 0 Å². The van der Waals surface area contributed by atoms with E-state index in [-0.39, 0.29) is 0 Å². The lowest BCUT2D eigenvalue weighted by Gasteiger charge is -2.26. The van der Waals surface area contributed by atoms with Gasteiger partial charge >= 0.3 is 0 Å². The molecule has 1 fully saturated rings. The standard InChI is InChI=1S/C25H28BrN5O4/c1-32-21-14-20-17(12-22(21)34-9-3-6-31-7-10-33-11-8-31)15-27-23-24(28-16-29-25(23)35-20)30-19-5-2-4-18(26)13-19/h2,4-5,12-14,16,27H,3,6-11,15H2,1H3,(H,28,29,30). The Kier molecular flexibility index (Phi) is 7.51. The highest BCUT2D eigenvalue weighted by molar-refractivity contribution is 9.10. The number of halogens is 1. The highest BCUT2D eigenvalue weighted by Gasteiger charge is 2.22. The molecule has 9 nitrogen and oxygen atoms in total. The zero-order valence-corrected chi connectivity index (χ0v) is 21.1. The Morgan fingerprint density at radius 1 is 1.14 bits per heavy atom. The van der Waals surface area contributed by atoms with E-state index in [4.69, 9.17) is 18.9 Å². The molecule has 0 spiro atoms. The molecule has 0 atom stereocenters. The molecule has 184 valence electrons. The predicted molar refractivity (Wildman–Crippen MR) is 137 cm³/mol. The topological polar surface area (TPSA) is 90.0 Å². The van der Waals surface area contributed by atoms with Gasteiger partial charge in [0.25, 0.3) is 0 Å². The molecule has 0 unspecified atom stereocenters. The summed E-state index contributed by atoms with van der Waals surface area (Å²) < 4.78 is 24.3. The Morgan fingerprint density at radius 2 is 2.03 bits per heavy atom. The molecule has 2 aromatic carbocycles. The second-order valence-electron chi connectivity index (χ2n) is 8.26. The number of anilines is 3. The third-order valence-electron chi connectivity index (χ3n) is 5.89. The van der Waals surface area contributed by atoms with Gasteiger partial charge in [0.15, 0.2) is 17.3 Å². The van der Waals surface area contributed by atoms with E-state index in [0.29, 0.717) is 47.8 Å². The van der Waals surface area contributed by atoms with Crippen LogP contribution in [0, 0.1) is 0 Å². The van der Waals surface area contributed by atoms with Gasteiger partial charge in [-0.15, -0.1) is 0 Å². The molecular formula is C25H28BrN5O4. The first-order chi connectivity index (χ1) is 17.2. The van der Waals surface area contributed by atoms with Crippen LogP contribution in [0.15, 0.2) is 47.2 Å². The van der Waals surface area contributed by atoms with E-state index in [1.807, 2.05) is 36.4 Å². The normalized spacial score (nSPS) is 15.1. The quantitative estimate of drug-likeness (QED) is 0.390. The van der Waals surface area contributed by atoms with Crippen LogP contribution < -0.4 is 24.8 Å². The summed E-state index contributed by atoms with van der Waals surface area (Å²) in [6.45, 7) is 5.69.